The van der Waals surface area contributed by atoms with E-state index in [4.69, 9.17) is 11.6 Å². The smallest absolute Gasteiger partial charge is 0.130 e. The van der Waals surface area contributed by atoms with E-state index in [1.165, 1.54) is 0 Å². The molecule has 84 valence electrons. The maximum atomic E-state index is 6.04. The lowest BCUT2D eigenvalue weighted by Gasteiger charge is -2.15. The van der Waals surface area contributed by atoms with E-state index in [1.54, 1.807) is 24.7 Å². The number of imidazole rings is 1. The van der Waals surface area contributed by atoms with Crippen LogP contribution in [0.3, 0.4) is 0 Å². The van der Waals surface area contributed by atoms with Gasteiger partial charge in [-0.1, -0.05) is 11.6 Å². The first-order valence-electron chi connectivity index (χ1n) is 5.01. The zero-order valence-electron chi connectivity index (χ0n) is 9.18. The fraction of sp³-hybridized carbons (Fsp3) is 0.273. The van der Waals surface area contributed by atoms with E-state index >= 15 is 0 Å². The topological polar surface area (TPSA) is 42.7 Å². The van der Waals surface area contributed by atoms with Crippen LogP contribution in [-0.2, 0) is 7.05 Å². The molecule has 0 bridgehead atoms. The van der Waals surface area contributed by atoms with Gasteiger partial charge < -0.3 is 9.88 Å². The number of pyridine rings is 1. The number of hydrogen-bond donors (Lipinski definition) is 1. The predicted molar refractivity (Wildman–Crippen MR) is 64.5 cm³/mol. The van der Waals surface area contributed by atoms with Gasteiger partial charge in [-0.25, -0.2) is 4.98 Å². The van der Waals surface area contributed by atoms with Gasteiger partial charge in [0.15, 0.2) is 0 Å². The van der Waals surface area contributed by atoms with Crippen molar-refractivity contribution in [2.45, 2.75) is 13.0 Å². The van der Waals surface area contributed by atoms with E-state index in [9.17, 15) is 0 Å². The van der Waals surface area contributed by atoms with E-state index in [0.717, 1.165) is 11.5 Å². The average molecular weight is 237 g/mol. The van der Waals surface area contributed by atoms with Crippen LogP contribution in [0.5, 0.6) is 0 Å². The van der Waals surface area contributed by atoms with E-state index in [2.05, 4.69) is 15.3 Å². The Bertz CT molecular complexity index is 480. The highest BCUT2D eigenvalue weighted by Crippen LogP contribution is 2.23. The maximum Gasteiger partial charge on any atom is 0.130 e. The summed E-state index contributed by atoms with van der Waals surface area (Å²) >= 11 is 6.04. The second-order valence-corrected chi connectivity index (χ2v) is 4.03. The normalized spacial score (nSPS) is 12.4. The molecule has 2 rings (SSSR count). The fourth-order valence-electron chi connectivity index (χ4n) is 1.58. The van der Waals surface area contributed by atoms with E-state index in [-0.39, 0.29) is 6.04 Å². The highest BCUT2D eigenvalue weighted by Gasteiger charge is 2.11. The molecule has 1 unspecified atom stereocenters. The third-order valence-electron chi connectivity index (χ3n) is 2.39. The lowest BCUT2D eigenvalue weighted by molar-refractivity contribution is 0.721. The van der Waals surface area contributed by atoms with Gasteiger partial charge in [0.1, 0.15) is 5.82 Å². The molecule has 2 aromatic rings. The maximum absolute atomic E-state index is 6.04. The summed E-state index contributed by atoms with van der Waals surface area (Å²) in [6.45, 7) is 2.03. The Morgan fingerprint density at radius 2 is 2.25 bits per heavy atom. The fourth-order valence-corrected chi connectivity index (χ4v) is 1.74. The van der Waals surface area contributed by atoms with Crippen molar-refractivity contribution in [1.29, 1.82) is 0 Å². The molecule has 0 spiro atoms. The molecular weight excluding hydrogens is 224 g/mol. The van der Waals surface area contributed by atoms with Crippen molar-refractivity contribution >= 4 is 17.3 Å². The Hall–Kier alpha value is -1.55. The van der Waals surface area contributed by atoms with Gasteiger partial charge in [0.2, 0.25) is 0 Å². The largest absolute Gasteiger partial charge is 0.373 e. The highest BCUT2D eigenvalue weighted by molar-refractivity contribution is 6.33. The first kappa shape index (κ1) is 11.0. The highest BCUT2D eigenvalue weighted by atomic mass is 35.5. The monoisotopic (exact) mass is 236 g/mol. The molecule has 0 amide bonds. The van der Waals surface area contributed by atoms with Crippen molar-refractivity contribution in [2.24, 2.45) is 7.05 Å². The molecule has 0 aliphatic carbocycles. The predicted octanol–water partition coefficient (Wildman–Crippen LogP) is 2.64. The minimum atomic E-state index is 0.0849. The van der Waals surface area contributed by atoms with Crippen LogP contribution in [-0.4, -0.2) is 14.5 Å². The molecule has 0 aliphatic heterocycles. The number of halogens is 1. The minimum absolute atomic E-state index is 0.0849. The third-order valence-corrected chi connectivity index (χ3v) is 2.72. The number of nitrogens with zero attached hydrogens (tertiary/aromatic N) is 3. The molecule has 0 aromatic carbocycles. The van der Waals surface area contributed by atoms with Gasteiger partial charge in [0.05, 0.1) is 22.9 Å². The Labute approximate surface area is 99.3 Å². The summed E-state index contributed by atoms with van der Waals surface area (Å²) in [5.74, 6) is 0.958. The van der Waals surface area contributed by atoms with Crippen LogP contribution < -0.4 is 5.32 Å². The van der Waals surface area contributed by atoms with Crippen LogP contribution in [0, 0.1) is 0 Å². The Morgan fingerprint density at radius 1 is 1.44 bits per heavy atom. The van der Waals surface area contributed by atoms with Crippen LogP contribution in [0.4, 0.5) is 5.69 Å². The van der Waals surface area contributed by atoms with Crippen molar-refractivity contribution in [3.05, 3.63) is 41.7 Å². The number of hydrogen-bond acceptors (Lipinski definition) is 3. The Morgan fingerprint density at radius 3 is 2.88 bits per heavy atom. The SMILES string of the molecule is CC(Nc1cnccc1Cl)c1nccn1C. The minimum Gasteiger partial charge on any atom is -0.373 e. The molecule has 1 N–H and O–H groups in total. The summed E-state index contributed by atoms with van der Waals surface area (Å²) < 4.78 is 1.97. The van der Waals surface area contributed by atoms with Gasteiger partial charge in [0, 0.05) is 25.6 Å². The first-order chi connectivity index (χ1) is 7.68. The van der Waals surface area contributed by atoms with Gasteiger partial charge in [-0.2, -0.15) is 0 Å². The Balaban J connectivity index is 2.17. The van der Waals surface area contributed by atoms with E-state index in [0.29, 0.717) is 5.02 Å². The van der Waals surface area contributed by atoms with Crippen molar-refractivity contribution in [3.63, 3.8) is 0 Å². The molecule has 5 heteroatoms. The summed E-state index contributed by atoms with van der Waals surface area (Å²) in [5, 5.41) is 3.94. The van der Waals surface area contributed by atoms with Gasteiger partial charge in [-0.05, 0) is 13.0 Å². The van der Waals surface area contributed by atoms with Crippen molar-refractivity contribution < 1.29 is 0 Å². The first-order valence-corrected chi connectivity index (χ1v) is 5.39. The summed E-state index contributed by atoms with van der Waals surface area (Å²) in [4.78, 5) is 8.31. The number of nitrogens with one attached hydrogen (secondary N) is 1. The molecule has 0 saturated carbocycles. The van der Waals surface area contributed by atoms with Crippen molar-refractivity contribution in [3.8, 4) is 0 Å². The van der Waals surface area contributed by atoms with Gasteiger partial charge in [-0.15, -0.1) is 0 Å². The summed E-state index contributed by atoms with van der Waals surface area (Å²) in [7, 11) is 1.96. The van der Waals surface area contributed by atoms with Gasteiger partial charge in [0.25, 0.3) is 0 Å². The summed E-state index contributed by atoms with van der Waals surface area (Å²) in [6.07, 6.45) is 7.07. The van der Waals surface area contributed by atoms with Crippen LogP contribution in [0.1, 0.15) is 18.8 Å². The molecule has 2 heterocycles. The third kappa shape index (κ3) is 2.17. The molecular formula is C11H13ClN4. The molecule has 4 nitrogen and oxygen atoms in total. The lowest BCUT2D eigenvalue weighted by Crippen LogP contribution is -2.12. The van der Waals surface area contributed by atoms with E-state index in [1.807, 2.05) is 24.7 Å². The van der Waals surface area contributed by atoms with Crippen LogP contribution in [0.25, 0.3) is 0 Å². The zero-order chi connectivity index (χ0) is 11.5. The molecule has 0 saturated heterocycles. The standard InChI is InChI=1S/C11H13ClN4/c1-8(11-14-5-6-16(11)2)15-10-7-13-4-3-9(10)12/h3-8,15H,1-2H3. The molecule has 1 atom stereocenters. The number of aromatic nitrogens is 3. The number of rotatable bonds is 3. The van der Waals surface area contributed by atoms with E-state index < -0.39 is 0 Å². The second-order valence-electron chi connectivity index (χ2n) is 3.62. The molecule has 0 aliphatic rings. The van der Waals surface area contributed by atoms with Crippen LogP contribution in [0.15, 0.2) is 30.9 Å². The quantitative estimate of drug-likeness (QED) is 0.891. The summed E-state index contributed by atoms with van der Waals surface area (Å²) in [6, 6.07) is 1.84. The Kier molecular flexibility index (Phi) is 3.10. The van der Waals surface area contributed by atoms with Crippen LogP contribution in [0.2, 0.25) is 5.02 Å². The zero-order valence-corrected chi connectivity index (χ0v) is 9.94. The molecule has 0 radical (unpaired) electrons. The number of aryl methyl sites for hydroxylation is 1. The number of anilines is 1. The second kappa shape index (κ2) is 4.53. The molecule has 0 fully saturated rings. The van der Waals surface area contributed by atoms with Gasteiger partial charge in [-0.3, -0.25) is 4.98 Å². The lowest BCUT2D eigenvalue weighted by atomic mass is 10.3. The van der Waals surface area contributed by atoms with Crippen molar-refractivity contribution in [2.75, 3.05) is 5.32 Å². The molecule has 16 heavy (non-hydrogen) atoms. The summed E-state index contributed by atoms with van der Waals surface area (Å²) in [5.41, 5.74) is 0.819. The van der Waals surface area contributed by atoms with Crippen LogP contribution >= 0.6 is 11.6 Å². The van der Waals surface area contributed by atoms with Gasteiger partial charge >= 0.3 is 0 Å². The average Bonchev–Trinajstić information content (AvgIpc) is 2.68. The molecule has 2 aromatic heterocycles. The van der Waals surface area contributed by atoms with Crippen molar-refractivity contribution in [1.82, 2.24) is 14.5 Å².